The topological polar surface area (TPSA) is 78.9 Å². The number of hydroxylamine groups is 1. The lowest BCUT2D eigenvalue weighted by Gasteiger charge is -2.39. The van der Waals surface area contributed by atoms with Gasteiger partial charge >= 0.3 is 0 Å². The molecule has 1 atom stereocenters. The molecule has 0 radical (unpaired) electrons. The highest BCUT2D eigenvalue weighted by Gasteiger charge is 2.32. The lowest BCUT2D eigenvalue weighted by atomic mass is 9.72. The maximum atomic E-state index is 12.0. The van der Waals surface area contributed by atoms with Crippen molar-refractivity contribution in [2.24, 2.45) is 5.41 Å². The smallest absolute Gasteiger partial charge is 0.274 e. The second kappa shape index (κ2) is 8.45. The number of benzene rings is 1. The summed E-state index contributed by atoms with van der Waals surface area (Å²) in [4.78, 5) is 25.4. The number of ether oxygens (including phenoxy) is 1. The molecule has 0 bridgehead atoms. The molecule has 2 amide bonds. The Labute approximate surface area is 149 Å². The Kier molecular flexibility index (Phi) is 6.56. The third-order valence-corrected chi connectivity index (χ3v) is 4.98. The normalized spacial score (nSPS) is 19.2. The first-order valence-corrected chi connectivity index (χ1v) is 8.69. The summed E-state index contributed by atoms with van der Waals surface area (Å²) in [6.45, 7) is 5.92. The zero-order valence-corrected chi connectivity index (χ0v) is 15.3. The molecular formula is C19H28N2O4. The lowest BCUT2D eigenvalue weighted by molar-refractivity contribution is -0.130. The van der Waals surface area contributed by atoms with Crippen molar-refractivity contribution in [1.82, 2.24) is 10.4 Å². The number of carbonyl (C=O) groups is 2. The minimum atomic E-state index is -0.489. The van der Waals surface area contributed by atoms with Crippen molar-refractivity contribution in [3.8, 4) is 0 Å². The molecule has 0 saturated heterocycles. The Balaban J connectivity index is 2.08. The standard InChI is InChI=1S/C19H28N2O4/c1-14(22)21(9-4-10-25-3)13-19(2)8-7-15-11-16(18(23)20-24)5-6-17(15)12-19/h5-6,11,24H,4,7-10,12-13H2,1-3H3,(H,20,23). The van der Waals surface area contributed by atoms with Crippen molar-refractivity contribution in [3.63, 3.8) is 0 Å². The molecule has 0 heterocycles. The molecule has 1 unspecified atom stereocenters. The van der Waals surface area contributed by atoms with Gasteiger partial charge in [-0.1, -0.05) is 13.0 Å². The van der Waals surface area contributed by atoms with E-state index in [0.717, 1.165) is 37.8 Å². The van der Waals surface area contributed by atoms with Gasteiger partial charge in [-0.05, 0) is 54.4 Å². The molecule has 0 fully saturated rings. The molecule has 0 aromatic heterocycles. The van der Waals surface area contributed by atoms with Gasteiger partial charge in [0.1, 0.15) is 0 Å². The number of rotatable bonds is 7. The molecule has 2 N–H and O–H groups in total. The summed E-state index contributed by atoms with van der Waals surface area (Å²) in [7, 11) is 1.67. The third-order valence-electron chi connectivity index (χ3n) is 4.98. The predicted molar refractivity (Wildman–Crippen MR) is 94.6 cm³/mol. The van der Waals surface area contributed by atoms with Crippen molar-refractivity contribution < 1.29 is 19.5 Å². The van der Waals surface area contributed by atoms with Gasteiger partial charge in [-0.2, -0.15) is 0 Å². The zero-order chi connectivity index (χ0) is 18.4. The summed E-state index contributed by atoms with van der Waals surface area (Å²) in [5.74, 6) is -0.393. The van der Waals surface area contributed by atoms with Gasteiger partial charge in [-0.15, -0.1) is 0 Å². The molecule has 1 aliphatic rings. The Morgan fingerprint density at radius 3 is 2.76 bits per heavy atom. The molecule has 2 rings (SSSR count). The van der Waals surface area contributed by atoms with Crippen molar-refractivity contribution in [1.29, 1.82) is 0 Å². The van der Waals surface area contributed by atoms with E-state index < -0.39 is 5.91 Å². The average molecular weight is 348 g/mol. The average Bonchev–Trinajstić information content (AvgIpc) is 2.59. The predicted octanol–water partition coefficient (Wildman–Crippen LogP) is 2.19. The van der Waals surface area contributed by atoms with Gasteiger partial charge in [0.2, 0.25) is 5.91 Å². The van der Waals surface area contributed by atoms with Crippen molar-refractivity contribution in [3.05, 3.63) is 34.9 Å². The summed E-state index contributed by atoms with van der Waals surface area (Å²) >= 11 is 0. The Bertz CT molecular complexity index is 632. The number of aryl methyl sites for hydroxylation is 1. The van der Waals surface area contributed by atoms with Gasteiger partial charge < -0.3 is 9.64 Å². The van der Waals surface area contributed by atoms with Gasteiger partial charge in [0.15, 0.2) is 0 Å². The first-order valence-electron chi connectivity index (χ1n) is 8.69. The molecule has 6 nitrogen and oxygen atoms in total. The molecule has 1 aromatic rings. The third kappa shape index (κ3) is 5.03. The van der Waals surface area contributed by atoms with Crippen molar-refractivity contribution in [2.75, 3.05) is 26.8 Å². The van der Waals surface area contributed by atoms with Crippen LogP contribution in [0.4, 0.5) is 0 Å². The number of nitrogens with one attached hydrogen (secondary N) is 1. The second-order valence-electron chi connectivity index (χ2n) is 7.20. The first-order chi connectivity index (χ1) is 11.9. The summed E-state index contributed by atoms with van der Waals surface area (Å²) < 4.78 is 5.08. The van der Waals surface area contributed by atoms with Gasteiger partial charge in [0.05, 0.1) is 0 Å². The number of fused-ring (bicyclic) bond motifs is 1. The largest absolute Gasteiger partial charge is 0.385 e. The first kappa shape index (κ1) is 19.4. The quantitative estimate of drug-likeness (QED) is 0.450. The number of carbonyl (C=O) groups excluding carboxylic acids is 2. The second-order valence-corrected chi connectivity index (χ2v) is 7.20. The minimum absolute atomic E-state index is 0.0203. The SMILES string of the molecule is COCCCN(CC1(C)CCc2cc(C(=O)NO)ccc2C1)C(C)=O. The molecular weight excluding hydrogens is 320 g/mol. The van der Waals surface area contributed by atoms with Crippen LogP contribution in [0.5, 0.6) is 0 Å². The van der Waals surface area contributed by atoms with Crippen LogP contribution in [-0.4, -0.2) is 48.7 Å². The highest BCUT2D eigenvalue weighted by Crippen LogP contribution is 2.36. The summed E-state index contributed by atoms with van der Waals surface area (Å²) in [6.07, 6.45) is 3.53. The van der Waals surface area contributed by atoms with E-state index in [1.54, 1.807) is 25.6 Å². The van der Waals surface area contributed by atoms with E-state index in [0.29, 0.717) is 18.7 Å². The molecule has 1 aliphatic carbocycles. The fourth-order valence-corrected chi connectivity index (χ4v) is 3.56. The van der Waals surface area contributed by atoms with Gasteiger partial charge in [-0.3, -0.25) is 14.8 Å². The van der Waals surface area contributed by atoms with Gasteiger partial charge in [-0.25, -0.2) is 5.48 Å². The Morgan fingerprint density at radius 1 is 1.36 bits per heavy atom. The minimum Gasteiger partial charge on any atom is -0.385 e. The Morgan fingerprint density at radius 2 is 2.12 bits per heavy atom. The highest BCUT2D eigenvalue weighted by atomic mass is 16.5. The van der Waals surface area contributed by atoms with Crippen LogP contribution in [0.1, 0.15) is 48.2 Å². The van der Waals surface area contributed by atoms with E-state index in [-0.39, 0.29) is 11.3 Å². The number of amides is 2. The van der Waals surface area contributed by atoms with Crippen LogP contribution in [0.3, 0.4) is 0 Å². The number of nitrogens with zero attached hydrogens (tertiary/aromatic N) is 1. The molecule has 138 valence electrons. The Hall–Kier alpha value is -1.92. The van der Waals surface area contributed by atoms with Crippen LogP contribution in [0.25, 0.3) is 0 Å². The van der Waals surface area contributed by atoms with Crippen molar-refractivity contribution >= 4 is 11.8 Å². The monoisotopic (exact) mass is 348 g/mol. The highest BCUT2D eigenvalue weighted by molar-refractivity contribution is 5.93. The molecule has 0 spiro atoms. The molecule has 25 heavy (non-hydrogen) atoms. The fourth-order valence-electron chi connectivity index (χ4n) is 3.56. The summed E-state index contributed by atoms with van der Waals surface area (Å²) in [5.41, 5.74) is 4.52. The number of hydrogen-bond acceptors (Lipinski definition) is 4. The van der Waals surface area contributed by atoms with E-state index in [9.17, 15) is 9.59 Å². The van der Waals surface area contributed by atoms with Gasteiger partial charge in [0, 0.05) is 39.3 Å². The van der Waals surface area contributed by atoms with Crippen LogP contribution in [-0.2, 0) is 22.4 Å². The van der Waals surface area contributed by atoms with E-state index in [2.05, 4.69) is 6.92 Å². The van der Waals surface area contributed by atoms with Crippen LogP contribution < -0.4 is 5.48 Å². The van der Waals surface area contributed by atoms with Crippen LogP contribution in [0.2, 0.25) is 0 Å². The molecule has 0 saturated carbocycles. The maximum absolute atomic E-state index is 12.0. The number of hydrogen-bond donors (Lipinski definition) is 2. The van der Waals surface area contributed by atoms with Crippen LogP contribution >= 0.6 is 0 Å². The van der Waals surface area contributed by atoms with E-state index in [4.69, 9.17) is 9.94 Å². The van der Waals surface area contributed by atoms with Crippen LogP contribution in [0.15, 0.2) is 18.2 Å². The summed E-state index contributed by atoms with van der Waals surface area (Å²) in [5, 5.41) is 8.77. The van der Waals surface area contributed by atoms with E-state index in [1.807, 2.05) is 17.0 Å². The van der Waals surface area contributed by atoms with Gasteiger partial charge in [0.25, 0.3) is 5.91 Å². The van der Waals surface area contributed by atoms with Crippen LogP contribution in [0, 0.1) is 5.41 Å². The zero-order valence-electron chi connectivity index (χ0n) is 15.3. The molecule has 6 heteroatoms. The lowest BCUT2D eigenvalue weighted by Crippen LogP contribution is -2.42. The van der Waals surface area contributed by atoms with E-state index in [1.165, 1.54) is 5.56 Å². The van der Waals surface area contributed by atoms with E-state index >= 15 is 0 Å². The molecule has 0 aliphatic heterocycles. The fraction of sp³-hybridized carbons (Fsp3) is 0.579. The van der Waals surface area contributed by atoms with Crippen molar-refractivity contribution in [2.45, 2.75) is 39.5 Å². The maximum Gasteiger partial charge on any atom is 0.274 e. The summed E-state index contributed by atoms with van der Waals surface area (Å²) in [6, 6.07) is 5.54. The molecule has 1 aromatic carbocycles. The number of methoxy groups -OCH3 is 1.